The maximum Gasteiger partial charge on any atom is 0.335 e. The summed E-state index contributed by atoms with van der Waals surface area (Å²) in [5.74, 6) is -2.66. The number of aliphatic hydroxyl groups is 1. The van der Waals surface area contributed by atoms with Crippen LogP contribution in [-0.2, 0) is 152 Å². The van der Waals surface area contributed by atoms with Crippen LogP contribution in [0.5, 0.6) is 0 Å². The van der Waals surface area contributed by atoms with Crippen molar-refractivity contribution < 1.29 is 157 Å². The second-order valence-corrected chi connectivity index (χ2v) is 20.0. The van der Waals surface area contributed by atoms with E-state index in [0.29, 0.717) is 321 Å². The van der Waals surface area contributed by atoms with Gasteiger partial charge in [-0.15, -0.1) is 5.06 Å². The molecule has 0 aromatic heterocycles. The van der Waals surface area contributed by atoms with Gasteiger partial charge in [0.1, 0.15) is 0 Å². The lowest BCUT2D eigenvalue weighted by atomic mass is 10.4. The molecule has 0 aromatic rings. The van der Waals surface area contributed by atoms with Gasteiger partial charge in [0.15, 0.2) is 6.29 Å². The minimum absolute atomic E-state index is 0.0498. The summed E-state index contributed by atoms with van der Waals surface area (Å²) in [5, 5.41) is 10.9. The molecule has 0 aromatic carbocycles. The van der Waals surface area contributed by atoms with Gasteiger partial charge in [-0.25, -0.2) is 9.63 Å². The van der Waals surface area contributed by atoms with Gasteiger partial charge < -0.3 is 128 Å². The van der Waals surface area contributed by atoms with Crippen molar-refractivity contribution in [1.29, 1.82) is 0 Å². The normalized spacial score (nSPS) is 13.8. The number of imide groups is 2. The standard InChI is InChI=1S/C62H114N2O33/c65-57-1-2-58(66)63(57)96-61(69)5-7-71-9-11-73-13-15-75-17-19-77-21-23-79-25-27-81-29-31-83-33-35-85-37-39-87-41-43-89-45-47-91-49-51-93-53-55-95-56-54-94-52-50-92-48-46-90-44-42-88-40-38-86-36-34-84-32-30-82-28-26-80-24-22-78-20-18-76-16-14-74-12-10-72-8-6-62(70)97-64-59(67)3-4-60(64)68/h61,69H,1-56H2. The molecular formula is C62H114N2O33. The van der Waals surface area contributed by atoms with E-state index in [9.17, 15) is 29.1 Å². The second-order valence-electron chi connectivity index (χ2n) is 20.0. The van der Waals surface area contributed by atoms with E-state index in [2.05, 4.69) is 0 Å². The van der Waals surface area contributed by atoms with Crippen LogP contribution in [0.2, 0.25) is 0 Å². The fourth-order valence-corrected chi connectivity index (χ4v) is 7.37. The zero-order valence-electron chi connectivity index (χ0n) is 57.1. The highest BCUT2D eigenvalue weighted by atomic mass is 16.8. The number of carbonyl (C=O) groups is 5. The number of amides is 4. The van der Waals surface area contributed by atoms with Crippen LogP contribution in [-0.4, -0.2) is 381 Å². The van der Waals surface area contributed by atoms with Crippen molar-refractivity contribution in [3.05, 3.63) is 0 Å². The van der Waals surface area contributed by atoms with Crippen molar-refractivity contribution in [2.75, 3.05) is 330 Å². The molecule has 2 aliphatic rings. The van der Waals surface area contributed by atoms with E-state index in [1.807, 2.05) is 0 Å². The molecule has 2 heterocycles. The van der Waals surface area contributed by atoms with Crippen LogP contribution < -0.4 is 0 Å². The third kappa shape index (κ3) is 62.2. The van der Waals surface area contributed by atoms with Gasteiger partial charge in [0, 0.05) is 32.1 Å². The Kier molecular flexibility index (Phi) is 67.0. The summed E-state index contributed by atoms with van der Waals surface area (Å²) in [7, 11) is 0. The molecule has 1 N–H and O–H groups in total. The Bertz CT molecular complexity index is 1740. The van der Waals surface area contributed by atoms with Gasteiger partial charge in [-0.1, -0.05) is 0 Å². The van der Waals surface area contributed by atoms with E-state index in [0.717, 1.165) is 0 Å². The van der Waals surface area contributed by atoms with Gasteiger partial charge in [0.25, 0.3) is 23.6 Å². The van der Waals surface area contributed by atoms with E-state index in [4.69, 9.17) is 128 Å². The highest BCUT2D eigenvalue weighted by molar-refractivity contribution is 6.01. The molecule has 0 bridgehead atoms. The largest absolute Gasteiger partial charge is 0.379 e. The van der Waals surface area contributed by atoms with Crippen LogP contribution in [0.3, 0.4) is 0 Å². The van der Waals surface area contributed by atoms with Gasteiger partial charge in [0.05, 0.1) is 337 Å². The molecule has 0 radical (unpaired) electrons. The third-order valence-electron chi connectivity index (χ3n) is 12.3. The van der Waals surface area contributed by atoms with Crippen LogP contribution >= 0.6 is 0 Å². The molecule has 2 aliphatic heterocycles. The summed E-state index contributed by atoms with van der Waals surface area (Å²) in [4.78, 5) is 67.3. The van der Waals surface area contributed by atoms with Crippen LogP contribution in [0.15, 0.2) is 0 Å². The first-order valence-corrected chi connectivity index (χ1v) is 33.6. The summed E-state index contributed by atoms with van der Waals surface area (Å²) in [5.41, 5.74) is 0. The van der Waals surface area contributed by atoms with E-state index in [1.54, 1.807) is 0 Å². The van der Waals surface area contributed by atoms with Gasteiger partial charge in [0.2, 0.25) is 0 Å². The molecule has 35 nitrogen and oxygen atoms in total. The summed E-state index contributed by atoms with van der Waals surface area (Å²) in [6.07, 6.45) is -0.995. The maximum absolute atomic E-state index is 11.7. The van der Waals surface area contributed by atoms with E-state index >= 15 is 0 Å². The highest BCUT2D eigenvalue weighted by Crippen LogP contribution is 2.15. The average molecular weight is 1420 g/mol. The lowest BCUT2D eigenvalue weighted by Gasteiger charge is -2.18. The van der Waals surface area contributed by atoms with Crippen LogP contribution in [0.25, 0.3) is 0 Å². The third-order valence-corrected chi connectivity index (χ3v) is 12.3. The van der Waals surface area contributed by atoms with Gasteiger partial charge in [-0.05, 0) is 0 Å². The number of carbonyl (C=O) groups excluding carboxylic acids is 5. The summed E-state index contributed by atoms with van der Waals surface area (Å²) in [6.45, 7) is 21.5. The van der Waals surface area contributed by atoms with Crippen molar-refractivity contribution in [3.8, 4) is 0 Å². The second kappa shape index (κ2) is 72.5. The monoisotopic (exact) mass is 1410 g/mol. The summed E-state index contributed by atoms with van der Waals surface area (Å²) < 4.78 is 137. The number of hydrogen-bond donors (Lipinski definition) is 1. The molecule has 570 valence electrons. The van der Waals surface area contributed by atoms with Crippen molar-refractivity contribution >= 4 is 29.6 Å². The SMILES string of the molecule is O=C(CCOCCOCCOCCOCCOCCOCCOCCOCCOCCOCCOCCOCCOCCOCCOCCOCCOCCOCCOCCOCCOCCOCCOCCOCCOCCC(O)ON1C(=O)CCC1=O)ON1C(=O)CCC1=O. The van der Waals surface area contributed by atoms with Gasteiger partial charge in [-0.3, -0.25) is 19.2 Å². The molecule has 2 rings (SSSR count). The number of aliphatic hydroxyl groups excluding tert-OH is 1. The van der Waals surface area contributed by atoms with Gasteiger partial charge >= 0.3 is 5.97 Å². The minimum atomic E-state index is -1.30. The first kappa shape index (κ1) is 89.8. The molecule has 1 atom stereocenters. The molecule has 1 unspecified atom stereocenters. The Balaban J connectivity index is 1.09. The van der Waals surface area contributed by atoms with E-state index < -0.39 is 35.9 Å². The molecule has 2 saturated heterocycles. The van der Waals surface area contributed by atoms with Crippen molar-refractivity contribution in [3.63, 3.8) is 0 Å². The first-order valence-electron chi connectivity index (χ1n) is 33.6. The first-order chi connectivity index (χ1) is 47.9. The Hall–Kier alpha value is -3.33. The lowest BCUT2D eigenvalue weighted by molar-refractivity contribution is -0.247. The Labute approximate surface area is 570 Å². The number of ether oxygens (including phenoxy) is 25. The summed E-state index contributed by atoms with van der Waals surface area (Å²) >= 11 is 0. The average Bonchev–Trinajstić information content (AvgIpc) is 2.08. The topological polar surface area (TPSA) is 361 Å². The molecule has 0 aliphatic carbocycles. The number of nitrogens with zero attached hydrogens (tertiary/aromatic N) is 2. The van der Waals surface area contributed by atoms with Crippen LogP contribution in [0.1, 0.15) is 38.5 Å². The highest BCUT2D eigenvalue weighted by Gasteiger charge is 2.33. The lowest BCUT2D eigenvalue weighted by Crippen LogP contribution is -2.34. The van der Waals surface area contributed by atoms with Gasteiger partial charge in [-0.2, -0.15) is 5.06 Å². The Morgan fingerprint density at radius 3 is 0.557 bits per heavy atom. The Morgan fingerprint density at radius 2 is 0.381 bits per heavy atom. The molecule has 0 spiro atoms. The molecule has 4 amide bonds. The minimum Gasteiger partial charge on any atom is -0.379 e. The summed E-state index contributed by atoms with van der Waals surface area (Å²) in [6, 6.07) is 0. The van der Waals surface area contributed by atoms with E-state index in [1.165, 1.54) is 0 Å². The maximum atomic E-state index is 11.7. The number of rotatable bonds is 81. The smallest absolute Gasteiger partial charge is 0.335 e. The molecule has 97 heavy (non-hydrogen) atoms. The van der Waals surface area contributed by atoms with Crippen molar-refractivity contribution in [2.24, 2.45) is 0 Å². The zero-order valence-corrected chi connectivity index (χ0v) is 57.1. The molecule has 0 saturated carbocycles. The number of hydroxylamine groups is 4. The molecule has 35 heteroatoms. The quantitative estimate of drug-likeness (QED) is 0.0442. The van der Waals surface area contributed by atoms with Crippen molar-refractivity contribution in [1.82, 2.24) is 10.1 Å². The Morgan fingerprint density at radius 1 is 0.237 bits per heavy atom. The van der Waals surface area contributed by atoms with Crippen LogP contribution in [0, 0.1) is 0 Å². The molecular weight excluding hydrogens is 1300 g/mol. The number of hydrogen-bond acceptors (Lipinski definition) is 33. The van der Waals surface area contributed by atoms with E-state index in [-0.39, 0.29) is 58.3 Å². The van der Waals surface area contributed by atoms with Crippen molar-refractivity contribution in [2.45, 2.75) is 44.8 Å². The zero-order chi connectivity index (χ0) is 69.3. The van der Waals surface area contributed by atoms with Crippen LogP contribution in [0.4, 0.5) is 0 Å². The predicted molar refractivity (Wildman–Crippen MR) is 335 cm³/mol. The molecule has 2 fully saturated rings. The fraction of sp³-hybridized carbons (Fsp3) is 0.919. The fourth-order valence-electron chi connectivity index (χ4n) is 7.37. The predicted octanol–water partition coefficient (Wildman–Crippen LogP) is -0.812.